The monoisotopic (exact) mass is 266 g/mol. The van der Waals surface area contributed by atoms with Crippen LogP contribution in [0.2, 0.25) is 0 Å². The molecule has 0 aliphatic heterocycles. The van der Waals surface area contributed by atoms with Gasteiger partial charge in [-0.15, -0.1) is 10.2 Å². The number of benzene rings is 2. The summed E-state index contributed by atoms with van der Waals surface area (Å²) in [5.41, 5.74) is 7.86. The molecule has 3 rings (SSSR count). The number of phenolic OH excluding ortho intramolecular Hbond substituents is 1. The van der Waals surface area contributed by atoms with Crippen molar-refractivity contribution in [1.82, 2.24) is 14.8 Å². The predicted molar refractivity (Wildman–Crippen MR) is 77.6 cm³/mol. The number of nitrogen functional groups attached to an aromatic ring is 1. The van der Waals surface area contributed by atoms with Crippen molar-refractivity contribution < 1.29 is 5.11 Å². The number of nitrogens with two attached hydrogens (primary N) is 1. The lowest BCUT2D eigenvalue weighted by molar-refractivity contribution is 0.478. The molecule has 0 aliphatic rings. The maximum atomic E-state index is 9.51. The number of anilines is 1. The van der Waals surface area contributed by atoms with E-state index in [9.17, 15) is 5.11 Å². The largest absolute Gasteiger partial charge is 0.506 e. The molecule has 3 aromatic rings. The van der Waals surface area contributed by atoms with Gasteiger partial charge in [0.1, 0.15) is 11.6 Å². The molecular weight excluding hydrogens is 252 g/mol. The topological polar surface area (TPSA) is 77.0 Å². The van der Waals surface area contributed by atoms with Crippen molar-refractivity contribution in [2.75, 3.05) is 5.73 Å². The highest BCUT2D eigenvalue weighted by Crippen LogP contribution is 2.28. The molecule has 0 atom stereocenters. The van der Waals surface area contributed by atoms with Crippen LogP contribution in [-0.4, -0.2) is 19.9 Å². The fourth-order valence-corrected chi connectivity index (χ4v) is 2.13. The lowest BCUT2D eigenvalue weighted by Gasteiger charge is -2.09. The molecule has 20 heavy (non-hydrogen) atoms. The summed E-state index contributed by atoms with van der Waals surface area (Å²) >= 11 is 0. The highest BCUT2D eigenvalue weighted by Gasteiger charge is 2.13. The van der Waals surface area contributed by atoms with E-state index in [0.717, 1.165) is 17.1 Å². The van der Waals surface area contributed by atoms with E-state index in [1.165, 1.54) is 0 Å². The van der Waals surface area contributed by atoms with E-state index in [1.54, 1.807) is 18.2 Å². The van der Waals surface area contributed by atoms with Gasteiger partial charge in [-0.05, 0) is 37.3 Å². The first-order valence-electron chi connectivity index (χ1n) is 6.23. The van der Waals surface area contributed by atoms with E-state index in [1.807, 2.05) is 41.8 Å². The van der Waals surface area contributed by atoms with Gasteiger partial charge in [0.15, 0.2) is 5.82 Å². The Morgan fingerprint density at radius 2 is 1.80 bits per heavy atom. The summed E-state index contributed by atoms with van der Waals surface area (Å²) in [7, 11) is 0. The molecule has 2 aromatic carbocycles. The van der Waals surface area contributed by atoms with Gasteiger partial charge in [-0.2, -0.15) is 0 Å². The SMILES string of the molecule is Cc1nnc(-c2ccc(O)c(N)c2)n1-c1ccccc1. The minimum atomic E-state index is 0.0660. The minimum absolute atomic E-state index is 0.0660. The Hall–Kier alpha value is -2.82. The first-order chi connectivity index (χ1) is 9.66. The number of hydrogen-bond donors (Lipinski definition) is 2. The smallest absolute Gasteiger partial charge is 0.168 e. The third-order valence-electron chi connectivity index (χ3n) is 3.12. The fourth-order valence-electron chi connectivity index (χ4n) is 2.13. The Morgan fingerprint density at radius 1 is 1.05 bits per heavy atom. The van der Waals surface area contributed by atoms with Gasteiger partial charge < -0.3 is 10.8 Å². The molecular formula is C15H14N4O. The van der Waals surface area contributed by atoms with E-state index >= 15 is 0 Å². The van der Waals surface area contributed by atoms with Gasteiger partial charge in [0.2, 0.25) is 0 Å². The van der Waals surface area contributed by atoms with Gasteiger partial charge in [-0.25, -0.2) is 0 Å². The normalized spacial score (nSPS) is 10.7. The van der Waals surface area contributed by atoms with Crippen LogP contribution in [0.4, 0.5) is 5.69 Å². The Kier molecular flexibility index (Phi) is 2.87. The van der Waals surface area contributed by atoms with Crippen molar-refractivity contribution in [2.24, 2.45) is 0 Å². The van der Waals surface area contributed by atoms with Crippen LogP contribution in [0.3, 0.4) is 0 Å². The number of phenols is 1. The summed E-state index contributed by atoms with van der Waals surface area (Å²) in [6, 6.07) is 14.9. The molecule has 3 N–H and O–H groups in total. The van der Waals surface area contributed by atoms with E-state index in [4.69, 9.17) is 5.73 Å². The van der Waals surface area contributed by atoms with Gasteiger partial charge in [-0.1, -0.05) is 18.2 Å². The number of aromatic hydroxyl groups is 1. The first kappa shape index (κ1) is 12.2. The highest BCUT2D eigenvalue weighted by atomic mass is 16.3. The fraction of sp³-hybridized carbons (Fsp3) is 0.0667. The zero-order chi connectivity index (χ0) is 14.1. The average molecular weight is 266 g/mol. The van der Waals surface area contributed by atoms with Gasteiger partial charge in [0.05, 0.1) is 5.69 Å². The van der Waals surface area contributed by atoms with Crippen molar-refractivity contribution in [3.63, 3.8) is 0 Å². The van der Waals surface area contributed by atoms with Crippen LogP contribution < -0.4 is 5.73 Å². The summed E-state index contributed by atoms with van der Waals surface area (Å²) in [6.45, 7) is 1.90. The molecule has 0 bridgehead atoms. The first-order valence-corrected chi connectivity index (χ1v) is 6.23. The molecule has 0 unspecified atom stereocenters. The Labute approximate surface area is 116 Å². The molecule has 100 valence electrons. The molecule has 0 aliphatic carbocycles. The molecule has 0 radical (unpaired) electrons. The molecule has 0 amide bonds. The number of nitrogens with zero attached hydrogens (tertiary/aromatic N) is 3. The van der Waals surface area contributed by atoms with Gasteiger partial charge in [-0.3, -0.25) is 4.57 Å². The Morgan fingerprint density at radius 3 is 2.50 bits per heavy atom. The number of aryl methyl sites for hydroxylation is 1. The number of rotatable bonds is 2. The van der Waals surface area contributed by atoms with Crippen LogP contribution in [0.1, 0.15) is 5.82 Å². The molecule has 0 fully saturated rings. The standard InChI is InChI=1S/C15H14N4O/c1-10-17-18-15(11-7-8-14(20)13(16)9-11)19(10)12-5-3-2-4-6-12/h2-9,20H,16H2,1H3. The van der Waals surface area contributed by atoms with Crippen molar-refractivity contribution in [3.05, 3.63) is 54.4 Å². The van der Waals surface area contributed by atoms with Crippen LogP contribution in [0.25, 0.3) is 17.1 Å². The van der Waals surface area contributed by atoms with Crippen LogP contribution in [0, 0.1) is 6.92 Å². The van der Waals surface area contributed by atoms with E-state index in [2.05, 4.69) is 10.2 Å². The Bertz CT molecular complexity index is 750. The van der Waals surface area contributed by atoms with Crippen LogP contribution in [-0.2, 0) is 0 Å². The summed E-state index contributed by atoms with van der Waals surface area (Å²) in [6.07, 6.45) is 0. The predicted octanol–water partition coefficient (Wildman–Crippen LogP) is 2.53. The molecule has 1 aromatic heterocycles. The number of aromatic nitrogens is 3. The Balaban J connectivity index is 2.18. The number of para-hydroxylation sites is 1. The minimum Gasteiger partial charge on any atom is -0.506 e. The zero-order valence-corrected chi connectivity index (χ0v) is 11.0. The van der Waals surface area contributed by atoms with Crippen LogP contribution in [0.5, 0.6) is 5.75 Å². The lowest BCUT2D eigenvalue weighted by Crippen LogP contribution is -2.00. The molecule has 5 heteroatoms. The molecule has 1 heterocycles. The van der Waals surface area contributed by atoms with Crippen molar-refractivity contribution in [3.8, 4) is 22.8 Å². The summed E-state index contributed by atoms with van der Waals surface area (Å²) < 4.78 is 1.95. The maximum Gasteiger partial charge on any atom is 0.168 e. The number of hydrogen-bond acceptors (Lipinski definition) is 4. The van der Waals surface area contributed by atoms with E-state index in [0.29, 0.717) is 11.5 Å². The van der Waals surface area contributed by atoms with Crippen LogP contribution >= 0.6 is 0 Å². The second kappa shape index (κ2) is 4.70. The summed E-state index contributed by atoms with van der Waals surface area (Å²) in [5, 5.41) is 17.9. The molecule has 0 saturated carbocycles. The quantitative estimate of drug-likeness (QED) is 0.552. The second-order valence-corrected chi connectivity index (χ2v) is 4.52. The van der Waals surface area contributed by atoms with Crippen LogP contribution in [0.15, 0.2) is 48.5 Å². The van der Waals surface area contributed by atoms with Crippen molar-refractivity contribution >= 4 is 5.69 Å². The average Bonchev–Trinajstić information content (AvgIpc) is 2.85. The lowest BCUT2D eigenvalue weighted by atomic mass is 10.1. The molecule has 0 spiro atoms. The third-order valence-corrected chi connectivity index (χ3v) is 3.12. The highest BCUT2D eigenvalue weighted by molar-refractivity contribution is 5.67. The van der Waals surface area contributed by atoms with Crippen molar-refractivity contribution in [2.45, 2.75) is 6.92 Å². The molecule has 0 saturated heterocycles. The van der Waals surface area contributed by atoms with E-state index < -0.39 is 0 Å². The summed E-state index contributed by atoms with van der Waals surface area (Å²) in [4.78, 5) is 0. The molecule has 5 nitrogen and oxygen atoms in total. The van der Waals surface area contributed by atoms with Gasteiger partial charge >= 0.3 is 0 Å². The second-order valence-electron chi connectivity index (χ2n) is 4.52. The summed E-state index contributed by atoms with van der Waals surface area (Å²) in [5.74, 6) is 1.55. The maximum absolute atomic E-state index is 9.51. The van der Waals surface area contributed by atoms with Crippen molar-refractivity contribution in [1.29, 1.82) is 0 Å². The van der Waals surface area contributed by atoms with Gasteiger partial charge in [0, 0.05) is 11.3 Å². The van der Waals surface area contributed by atoms with Gasteiger partial charge in [0.25, 0.3) is 0 Å². The van der Waals surface area contributed by atoms with E-state index in [-0.39, 0.29) is 5.75 Å². The third kappa shape index (κ3) is 1.99. The zero-order valence-electron chi connectivity index (χ0n) is 11.0.